The monoisotopic (exact) mass is 251 g/mol. The first-order chi connectivity index (χ1) is 9.31. The van der Waals surface area contributed by atoms with Crippen molar-refractivity contribution in [3.05, 3.63) is 83.0 Å². The molecule has 3 rings (SSSR count). The van der Waals surface area contributed by atoms with E-state index < -0.39 is 0 Å². The Kier molecular flexibility index (Phi) is 2.98. The highest BCUT2D eigenvalue weighted by Gasteiger charge is 2.01. The number of benzene rings is 1. The van der Waals surface area contributed by atoms with Gasteiger partial charge in [-0.2, -0.15) is 5.10 Å². The predicted octanol–water partition coefficient (Wildman–Crippen LogP) is 2.08. The molecule has 2 aromatic heterocycles. The van der Waals surface area contributed by atoms with Gasteiger partial charge in [-0.3, -0.25) is 4.79 Å². The maximum atomic E-state index is 11.0. The molecule has 94 valence electrons. The zero-order chi connectivity index (χ0) is 13.1. The molecule has 0 fully saturated rings. The molecule has 0 aliphatic heterocycles. The molecule has 3 aromatic rings. The summed E-state index contributed by atoms with van der Waals surface area (Å²) in [5, 5.41) is 4.52. The summed E-state index contributed by atoms with van der Waals surface area (Å²) in [4.78, 5) is 11.0. The van der Waals surface area contributed by atoms with Crippen LogP contribution in [0, 0.1) is 0 Å². The van der Waals surface area contributed by atoms with Gasteiger partial charge in [-0.05, 0) is 18.2 Å². The van der Waals surface area contributed by atoms with Crippen molar-refractivity contribution in [3.8, 4) is 5.69 Å². The van der Waals surface area contributed by atoms with Crippen LogP contribution in [-0.4, -0.2) is 14.3 Å². The molecule has 0 bridgehead atoms. The summed E-state index contributed by atoms with van der Waals surface area (Å²) in [5.41, 5.74) is 2.01. The van der Waals surface area contributed by atoms with Crippen LogP contribution in [-0.2, 0) is 6.54 Å². The molecule has 0 saturated heterocycles. The second kappa shape index (κ2) is 4.94. The standard InChI is InChI=1S/C15H13N3O/c19-15-7-9-17(10-8-15)12-13-6-11-18(16-13)14-4-2-1-3-5-14/h1-11H,12H2. The lowest BCUT2D eigenvalue weighted by molar-refractivity contribution is 0.739. The van der Waals surface area contributed by atoms with Gasteiger partial charge >= 0.3 is 0 Å². The fourth-order valence-electron chi connectivity index (χ4n) is 1.91. The first-order valence-corrected chi connectivity index (χ1v) is 6.07. The fraction of sp³-hybridized carbons (Fsp3) is 0.0667. The Bertz CT molecular complexity index is 708. The second-order valence-electron chi connectivity index (χ2n) is 4.29. The molecule has 0 aliphatic carbocycles. The molecule has 0 aliphatic rings. The first kappa shape index (κ1) is 11.5. The maximum Gasteiger partial charge on any atom is 0.181 e. The fourth-order valence-corrected chi connectivity index (χ4v) is 1.91. The van der Waals surface area contributed by atoms with Gasteiger partial charge in [0.2, 0.25) is 0 Å². The van der Waals surface area contributed by atoms with Gasteiger partial charge in [0, 0.05) is 30.7 Å². The van der Waals surface area contributed by atoms with Gasteiger partial charge in [-0.1, -0.05) is 18.2 Å². The van der Waals surface area contributed by atoms with E-state index in [1.807, 2.05) is 51.8 Å². The zero-order valence-electron chi connectivity index (χ0n) is 10.3. The van der Waals surface area contributed by atoms with Crippen LogP contribution in [0.15, 0.2) is 71.9 Å². The Labute approximate surface area is 110 Å². The highest BCUT2D eigenvalue weighted by Crippen LogP contribution is 2.07. The van der Waals surface area contributed by atoms with Crippen molar-refractivity contribution in [2.75, 3.05) is 0 Å². The molecule has 0 spiro atoms. The molecule has 0 unspecified atom stereocenters. The molecule has 2 heterocycles. The largest absolute Gasteiger partial charge is 0.348 e. The normalized spacial score (nSPS) is 10.5. The number of hydrogen-bond acceptors (Lipinski definition) is 2. The molecule has 1 aromatic carbocycles. The average Bonchev–Trinajstić information content (AvgIpc) is 2.91. The van der Waals surface area contributed by atoms with Gasteiger partial charge in [-0.15, -0.1) is 0 Å². The van der Waals surface area contributed by atoms with E-state index in [1.165, 1.54) is 0 Å². The number of pyridine rings is 1. The van der Waals surface area contributed by atoms with Crippen LogP contribution >= 0.6 is 0 Å². The van der Waals surface area contributed by atoms with E-state index in [9.17, 15) is 4.79 Å². The quantitative estimate of drug-likeness (QED) is 0.715. The van der Waals surface area contributed by atoms with Gasteiger partial charge in [-0.25, -0.2) is 4.68 Å². The van der Waals surface area contributed by atoms with Gasteiger partial charge in [0.15, 0.2) is 5.43 Å². The van der Waals surface area contributed by atoms with E-state index in [0.29, 0.717) is 6.54 Å². The van der Waals surface area contributed by atoms with E-state index in [1.54, 1.807) is 24.5 Å². The van der Waals surface area contributed by atoms with Crippen LogP contribution in [0.2, 0.25) is 0 Å². The Hall–Kier alpha value is -2.62. The summed E-state index contributed by atoms with van der Waals surface area (Å²) in [6, 6.07) is 15.0. The first-order valence-electron chi connectivity index (χ1n) is 6.07. The van der Waals surface area contributed by atoms with E-state index in [4.69, 9.17) is 0 Å². The lowest BCUT2D eigenvalue weighted by Crippen LogP contribution is -2.05. The van der Waals surface area contributed by atoms with E-state index >= 15 is 0 Å². The molecule has 0 amide bonds. The molecular formula is C15H13N3O. The Morgan fingerprint density at radius 2 is 1.63 bits per heavy atom. The number of nitrogens with zero attached hydrogens (tertiary/aromatic N) is 3. The van der Waals surface area contributed by atoms with Crippen molar-refractivity contribution in [1.29, 1.82) is 0 Å². The van der Waals surface area contributed by atoms with Crippen LogP contribution in [0.5, 0.6) is 0 Å². The molecule has 0 atom stereocenters. The van der Waals surface area contributed by atoms with Crippen LogP contribution in [0.4, 0.5) is 0 Å². The van der Waals surface area contributed by atoms with Crippen molar-refractivity contribution in [2.24, 2.45) is 0 Å². The van der Waals surface area contributed by atoms with Gasteiger partial charge < -0.3 is 4.57 Å². The van der Waals surface area contributed by atoms with E-state index in [0.717, 1.165) is 11.4 Å². The summed E-state index contributed by atoms with van der Waals surface area (Å²) in [6.07, 6.45) is 5.47. The lowest BCUT2D eigenvalue weighted by atomic mass is 10.3. The zero-order valence-corrected chi connectivity index (χ0v) is 10.3. The third-order valence-electron chi connectivity index (χ3n) is 2.87. The molecule has 0 radical (unpaired) electrons. The van der Waals surface area contributed by atoms with E-state index in [2.05, 4.69) is 5.10 Å². The van der Waals surface area contributed by atoms with Gasteiger partial charge in [0.1, 0.15) is 0 Å². The lowest BCUT2D eigenvalue weighted by Gasteiger charge is -2.03. The Morgan fingerprint density at radius 1 is 0.895 bits per heavy atom. The minimum atomic E-state index is 0.0195. The molecular weight excluding hydrogens is 238 g/mol. The van der Waals surface area contributed by atoms with Crippen LogP contribution in [0.25, 0.3) is 5.69 Å². The molecule has 0 saturated carbocycles. The van der Waals surface area contributed by atoms with Crippen molar-refractivity contribution in [1.82, 2.24) is 14.3 Å². The van der Waals surface area contributed by atoms with Crippen LogP contribution in [0.3, 0.4) is 0 Å². The Balaban J connectivity index is 1.82. The van der Waals surface area contributed by atoms with Crippen molar-refractivity contribution < 1.29 is 0 Å². The highest BCUT2D eigenvalue weighted by atomic mass is 16.1. The topological polar surface area (TPSA) is 39.8 Å². The number of para-hydroxylation sites is 1. The molecule has 19 heavy (non-hydrogen) atoms. The average molecular weight is 251 g/mol. The number of hydrogen-bond donors (Lipinski definition) is 0. The summed E-state index contributed by atoms with van der Waals surface area (Å²) < 4.78 is 3.77. The molecule has 4 nitrogen and oxygen atoms in total. The van der Waals surface area contributed by atoms with Crippen LogP contribution < -0.4 is 5.43 Å². The van der Waals surface area contributed by atoms with Crippen molar-refractivity contribution in [2.45, 2.75) is 6.54 Å². The second-order valence-corrected chi connectivity index (χ2v) is 4.29. The smallest absolute Gasteiger partial charge is 0.181 e. The third kappa shape index (κ3) is 2.63. The highest BCUT2D eigenvalue weighted by molar-refractivity contribution is 5.30. The van der Waals surface area contributed by atoms with Gasteiger partial charge in [0.25, 0.3) is 0 Å². The van der Waals surface area contributed by atoms with Crippen molar-refractivity contribution in [3.63, 3.8) is 0 Å². The summed E-state index contributed by atoms with van der Waals surface area (Å²) in [6.45, 7) is 0.653. The molecule has 4 heteroatoms. The summed E-state index contributed by atoms with van der Waals surface area (Å²) in [7, 11) is 0. The van der Waals surface area contributed by atoms with E-state index in [-0.39, 0.29) is 5.43 Å². The summed E-state index contributed by atoms with van der Waals surface area (Å²) >= 11 is 0. The van der Waals surface area contributed by atoms with Gasteiger partial charge in [0.05, 0.1) is 17.9 Å². The number of rotatable bonds is 3. The third-order valence-corrected chi connectivity index (χ3v) is 2.87. The number of aromatic nitrogens is 3. The minimum Gasteiger partial charge on any atom is -0.348 e. The summed E-state index contributed by atoms with van der Waals surface area (Å²) in [5.74, 6) is 0. The molecule has 0 N–H and O–H groups in total. The maximum absolute atomic E-state index is 11.0. The minimum absolute atomic E-state index is 0.0195. The van der Waals surface area contributed by atoms with Crippen LogP contribution in [0.1, 0.15) is 5.69 Å². The predicted molar refractivity (Wildman–Crippen MR) is 73.4 cm³/mol. The SMILES string of the molecule is O=c1ccn(Cc2ccn(-c3ccccc3)n2)cc1. The van der Waals surface area contributed by atoms with Crippen molar-refractivity contribution >= 4 is 0 Å². The Morgan fingerprint density at radius 3 is 2.37 bits per heavy atom.